The number of carboxylic acid groups (broad SMARTS) is 1. The van der Waals surface area contributed by atoms with E-state index in [4.69, 9.17) is 9.84 Å². The molecule has 0 aliphatic rings. The molecule has 0 saturated carbocycles. The van der Waals surface area contributed by atoms with Crippen LogP contribution in [0.4, 0.5) is 5.69 Å². The number of nitrogens with zero attached hydrogens (tertiary/aromatic N) is 1. The van der Waals surface area contributed by atoms with Gasteiger partial charge in [0.2, 0.25) is 0 Å². The van der Waals surface area contributed by atoms with E-state index in [0.717, 1.165) is 11.3 Å². The molecule has 0 amide bonds. The van der Waals surface area contributed by atoms with Gasteiger partial charge in [0.15, 0.2) is 0 Å². The van der Waals surface area contributed by atoms with Crippen LogP contribution in [0.25, 0.3) is 0 Å². The largest absolute Gasteiger partial charge is 0.480 e. The highest BCUT2D eigenvalue weighted by atomic mass is 16.5. The van der Waals surface area contributed by atoms with Crippen LogP contribution in [-0.4, -0.2) is 35.8 Å². The van der Waals surface area contributed by atoms with Gasteiger partial charge in [-0.1, -0.05) is 0 Å². The lowest BCUT2D eigenvalue weighted by molar-refractivity contribution is -0.138. The number of anilines is 1. The van der Waals surface area contributed by atoms with Gasteiger partial charge in [-0.3, -0.25) is 4.98 Å². The van der Waals surface area contributed by atoms with E-state index in [2.05, 4.69) is 10.3 Å². The van der Waals surface area contributed by atoms with Crippen molar-refractivity contribution < 1.29 is 14.6 Å². The quantitative estimate of drug-likeness (QED) is 0.707. The average molecular weight is 238 g/mol. The van der Waals surface area contributed by atoms with E-state index in [1.54, 1.807) is 25.6 Å². The predicted molar refractivity (Wildman–Crippen MR) is 65.1 cm³/mol. The van der Waals surface area contributed by atoms with E-state index in [9.17, 15) is 4.79 Å². The highest BCUT2D eigenvalue weighted by Gasteiger charge is 2.17. The van der Waals surface area contributed by atoms with Crippen molar-refractivity contribution >= 4 is 11.7 Å². The number of aliphatic carboxylic acids is 1. The molecular weight excluding hydrogens is 220 g/mol. The first kappa shape index (κ1) is 13.4. The van der Waals surface area contributed by atoms with Gasteiger partial charge in [0.25, 0.3) is 0 Å². The number of aromatic nitrogens is 1. The lowest BCUT2D eigenvalue weighted by Crippen LogP contribution is -2.29. The Balaban J connectivity index is 2.61. The van der Waals surface area contributed by atoms with Crippen molar-refractivity contribution in [1.82, 2.24) is 4.98 Å². The summed E-state index contributed by atoms with van der Waals surface area (Å²) in [6.07, 6.45) is 4.59. The smallest absolute Gasteiger partial charge is 0.326 e. The zero-order valence-electron chi connectivity index (χ0n) is 10.1. The number of hydrogen-bond donors (Lipinski definition) is 2. The Labute approximate surface area is 101 Å². The van der Waals surface area contributed by atoms with Crippen LogP contribution in [0.15, 0.2) is 18.5 Å². The van der Waals surface area contributed by atoms with Crippen molar-refractivity contribution in [3.63, 3.8) is 0 Å². The molecule has 0 saturated heterocycles. The SMILES string of the molecule is COCCCC(Nc1ccncc1C)C(=O)O. The maximum absolute atomic E-state index is 11.1. The Bertz CT molecular complexity index is 369. The Morgan fingerprint density at radius 1 is 1.65 bits per heavy atom. The summed E-state index contributed by atoms with van der Waals surface area (Å²) < 4.78 is 4.92. The molecule has 5 nitrogen and oxygen atoms in total. The maximum atomic E-state index is 11.1. The molecule has 0 bridgehead atoms. The van der Waals surface area contributed by atoms with E-state index in [1.807, 2.05) is 6.92 Å². The third-order valence-electron chi connectivity index (χ3n) is 2.49. The Hall–Kier alpha value is -1.62. The van der Waals surface area contributed by atoms with Crippen molar-refractivity contribution in [3.8, 4) is 0 Å². The molecule has 0 aliphatic carbocycles. The van der Waals surface area contributed by atoms with Crippen molar-refractivity contribution in [3.05, 3.63) is 24.0 Å². The van der Waals surface area contributed by atoms with Crippen LogP contribution in [0.3, 0.4) is 0 Å². The monoisotopic (exact) mass is 238 g/mol. The van der Waals surface area contributed by atoms with Crippen LogP contribution in [0.1, 0.15) is 18.4 Å². The first-order chi connectivity index (χ1) is 8.15. The topological polar surface area (TPSA) is 71.5 Å². The molecule has 0 aromatic carbocycles. The second kappa shape index (κ2) is 6.85. The Morgan fingerprint density at radius 2 is 2.41 bits per heavy atom. The molecule has 1 aromatic heterocycles. The Kier molecular flexibility index (Phi) is 5.42. The number of ether oxygens (including phenoxy) is 1. The standard InChI is InChI=1S/C12H18N2O3/c1-9-8-13-6-5-10(9)14-11(12(15)16)4-3-7-17-2/h5-6,8,11H,3-4,7H2,1-2H3,(H,13,14)(H,15,16). The third kappa shape index (κ3) is 4.40. The third-order valence-corrected chi connectivity index (χ3v) is 2.49. The average Bonchev–Trinajstić information content (AvgIpc) is 2.30. The molecule has 2 N–H and O–H groups in total. The minimum Gasteiger partial charge on any atom is -0.480 e. The fourth-order valence-corrected chi connectivity index (χ4v) is 1.51. The van der Waals surface area contributed by atoms with Gasteiger partial charge < -0.3 is 15.2 Å². The molecule has 94 valence electrons. The van der Waals surface area contributed by atoms with E-state index >= 15 is 0 Å². The number of rotatable bonds is 7. The number of methoxy groups -OCH3 is 1. The number of hydrogen-bond acceptors (Lipinski definition) is 4. The molecule has 1 rings (SSSR count). The molecule has 1 unspecified atom stereocenters. The number of carbonyl (C=O) groups is 1. The molecular formula is C12H18N2O3. The molecule has 17 heavy (non-hydrogen) atoms. The maximum Gasteiger partial charge on any atom is 0.326 e. The van der Waals surface area contributed by atoms with Crippen molar-refractivity contribution in [2.75, 3.05) is 19.0 Å². The summed E-state index contributed by atoms with van der Waals surface area (Å²) in [6.45, 7) is 2.46. The number of pyridine rings is 1. The number of carboxylic acids is 1. The lowest BCUT2D eigenvalue weighted by Gasteiger charge is -2.16. The van der Waals surface area contributed by atoms with E-state index < -0.39 is 12.0 Å². The molecule has 0 fully saturated rings. The zero-order chi connectivity index (χ0) is 12.7. The fraction of sp³-hybridized carbons (Fsp3) is 0.500. The van der Waals surface area contributed by atoms with Gasteiger partial charge in [-0.15, -0.1) is 0 Å². The highest BCUT2D eigenvalue weighted by Crippen LogP contribution is 2.15. The van der Waals surface area contributed by atoms with E-state index in [1.165, 1.54) is 0 Å². The molecule has 1 atom stereocenters. The van der Waals surface area contributed by atoms with Crippen LogP contribution in [0.5, 0.6) is 0 Å². The van der Waals surface area contributed by atoms with E-state index in [-0.39, 0.29) is 0 Å². The zero-order valence-corrected chi connectivity index (χ0v) is 10.1. The van der Waals surface area contributed by atoms with Crippen LogP contribution in [0.2, 0.25) is 0 Å². The number of aryl methyl sites for hydroxylation is 1. The van der Waals surface area contributed by atoms with Gasteiger partial charge in [-0.25, -0.2) is 4.79 Å². The van der Waals surface area contributed by atoms with Crippen LogP contribution in [-0.2, 0) is 9.53 Å². The van der Waals surface area contributed by atoms with Gasteiger partial charge in [0.1, 0.15) is 6.04 Å². The van der Waals surface area contributed by atoms with Crippen LogP contribution >= 0.6 is 0 Å². The lowest BCUT2D eigenvalue weighted by atomic mass is 10.1. The van der Waals surface area contributed by atoms with Crippen molar-refractivity contribution in [2.45, 2.75) is 25.8 Å². The summed E-state index contributed by atoms with van der Waals surface area (Å²) in [5.74, 6) is -0.850. The summed E-state index contributed by atoms with van der Waals surface area (Å²) >= 11 is 0. The summed E-state index contributed by atoms with van der Waals surface area (Å²) in [4.78, 5) is 15.1. The highest BCUT2D eigenvalue weighted by molar-refractivity contribution is 5.77. The summed E-state index contributed by atoms with van der Waals surface area (Å²) in [5.41, 5.74) is 1.75. The fourth-order valence-electron chi connectivity index (χ4n) is 1.51. The predicted octanol–water partition coefficient (Wildman–Crippen LogP) is 1.68. The summed E-state index contributed by atoms with van der Waals surface area (Å²) in [7, 11) is 1.61. The number of nitrogens with one attached hydrogen (secondary N) is 1. The second-order valence-corrected chi connectivity index (χ2v) is 3.86. The first-order valence-electron chi connectivity index (χ1n) is 5.54. The van der Waals surface area contributed by atoms with E-state index in [0.29, 0.717) is 19.4 Å². The van der Waals surface area contributed by atoms with Crippen LogP contribution in [0, 0.1) is 6.92 Å². The summed E-state index contributed by atoms with van der Waals surface area (Å²) in [5, 5.41) is 12.1. The Morgan fingerprint density at radius 3 is 3.00 bits per heavy atom. The normalized spacial score (nSPS) is 12.1. The van der Waals surface area contributed by atoms with Gasteiger partial charge in [-0.2, -0.15) is 0 Å². The van der Waals surface area contributed by atoms with Gasteiger partial charge in [0, 0.05) is 31.8 Å². The first-order valence-corrected chi connectivity index (χ1v) is 5.54. The molecule has 0 aliphatic heterocycles. The van der Waals surface area contributed by atoms with Crippen molar-refractivity contribution in [2.24, 2.45) is 0 Å². The second-order valence-electron chi connectivity index (χ2n) is 3.86. The molecule has 0 radical (unpaired) electrons. The van der Waals surface area contributed by atoms with Crippen molar-refractivity contribution in [1.29, 1.82) is 0 Å². The summed E-state index contributed by atoms with van der Waals surface area (Å²) in [6, 6.07) is 1.19. The van der Waals surface area contributed by atoms with Gasteiger partial charge in [-0.05, 0) is 31.4 Å². The molecule has 0 spiro atoms. The minimum atomic E-state index is -0.850. The van der Waals surface area contributed by atoms with Crippen LogP contribution < -0.4 is 5.32 Å². The molecule has 1 heterocycles. The minimum absolute atomic E-state index is 0.533. The molecule has 1 aromatic rings. The van der Waals surface area contributed by atoms with Gasteiger partial charge >= 0.3 is 5.97 Å². The van der Waals surface area contributed by atoms with Gasteiger partial charge in [0.05, 0.1) is 0 Å². The molecule has 5 heteroatoms.